The van der Waals surface area contributed by atoms with E-state index in [0.29, 0.717) is 0 Å². The van der Waals surface area contributed by atoms with Crippen LogP contribution in [0.2, 0.25) is 0 Å². The molecule has 66 valence electrons. The van der Waals surface area contributed by atoms with Crippen molar-refractivity contribution in [1.29, 1.82) is 0 Å². The minimum Gasteiger partial charge on any atom is -0.504 e. The second-order valence-electron chi connectivity index (χ2n) is 2.02. The van der Waals surface area contributed by atoms with Crippen LogP contribution in [0.25, 0.3) is 0 Å². The second kappa shape index (κ2) is 2.71. The van der Waals surface area contributed by atoms with E-state index in [4.69, 9.17) is 20.4 Å². The third-order valence-corrected chi connectivity index (χ3v) is 2.03. The van der Waals surface area contributed by atoms with Gasteiger partial charge in [0.15, 0.2) is 11.5 Å². The molecule has 4 nitrogen and oxygen atoms in total. The van der Waals surface area contributed by atoms with Crippen molar-refractivity contribution in [3.05, 3.63) is 10.3 Å². The monoisotopic (exact) mass is 238 g/mol. The van der Waals surface area contributed by atoms with Gasteiger partial charge in [-0.25, -0.2) is 0 Å². The van der Waals surface area contributed by atoms with E-state index in [1.54, 1.807) is 0 Å². The highest BCUT2D eigenvalue weighted by atomic mass is 79.9. The van der Waals surface area contributed by atoms with Gasteiger partial charge in [-0.15, -0.1) is 0 Å². The van der Waals surface area contributed by atoms with Crippen molar-refractivity contribution in [3.8, 4) is 23.0 Å². The van der Waals surface area contributed by atoms with E-state index in [-0.39, 0.29) is 0 Å². The summed E-state index contributed by atoms with van der Waals surface area (Å²) < 4.78 is 12.2. The van der Waals surface area contributed by atoms with E-state index < -0.39 is 33.3 Å². The molecule has 0 atom stereocenters. The van der Waals surface area contributed by atoms with Gasteiger partial charge in [-0.05, 0) is 15.9 Å². The molecule has 1 aromatic carbocycles. The van der Waals surface area contributed by atoms with Gasteiger partial charge in [-0.3, -0.25) is 0 Å². The largest absolute Gasteiger partial charge is 0.504 e. The van der Waals surface area contributed by atoms with E-state index in [0.717, 1.165) is 0 Å². The Morgan fingerprint density at radius 2 is 1.33 bits per heavy atom. The highest BCUT2D eigenvalue weighted by molar-refractivity contribution is 9.10. The molecule has 6 heteroatoms. The quantitative estimate of drug-likeness (QED) is 0.407. The summed E-state index contributed by atoms with van der Waals surface area (Å²) in [5.74, 6) is -5.36. The standard InChI is InChI=1S/C6H4BrFO4/c7-1-3(9)2(8)5(11)6(12)4(1)10/h9-12H. The maximum atomic E-state index is 12.6. The van der Waals surface area contributed by atoms with Crippen LogP contribution >= 0.6 is 15.9 Å². The van der Waals surface area contributed by atoms with Crippen molar-refractivity contribution < 1.29 is 24.8 Å². The van der Waals surface area contributed by atoms with Crippen molar-refractivity contribution >= 4 is 15.9 Å². The molecule has 0 amide bonds. The lowest BCUT2D eigenvalue weighted by Crippen LogP contribution is -1.82. The molecule has 0 unspecified atom stereocenters. The van der Waals surface area contributed by atoms with Crippen molar-refractivity contribution in [2.45, 2.75) is 0 Å². The van der Waals surface area contributed by atoms with Crippen LogP contribution < -0.4 is 0 Å². The number of hydrogen-bond donors (Lipinski definition) is 4. The molecule has 12 heavy (non-hydrogen) atoms. The summed E-state index contributed by atoms with van der Waals surface area (Å²) in [6.07, 6.45) is 0. The Morgan fingerprint density at radius 1 is 0.833 bits per heavy atom. The number of benzene rings is 1. The van der Waals surface area contributed by atoms with Gasteiger partial charge in [0.25, 0.3) is 0 Å². The first-order valence-corrected chi connectivity index (χ1v) is 3.57. The SMILES string of the molecule is Oc1c(O)c(F)c(O)c(Br)c1O. The van der Waals surface area contributed by atoms with E-state index in [9.17, 15) is 4.39 Å². The van der Waals surface area contributed by atoms with E-state index in [1.165, 1.54) is 0 Å². The van der Waals surface area contributed by atoms with Crippen LogP contribution in [0, 0.1) is 5.82 Å². The molecule has 1 aromatic rings. The number of phenols is 4. The fraction of sp³-hybridized carbons (Fsp3) is 0. The van der Waals surface area contributed by atoms with Gasteiger partial charge in [0, 0.05) is 0 Å². The van der Waals surface area contributed by atoms with Crippen LogP contribution in [0.1, 0.15) is 0 Å². The Kier molecular flexibility index (Phi) is 2.01. The molecule has 0 heterocycles. The Morgan fingerprint density at radius 3 is 1.83 bits per heavy atom. The first-order chi connectivity index (χ1) is 5.46. The van der Waals surface area contributed by atoms with Crippen LogP contribution in [0.3, 0.4) is 0 Å². The topological polar surface area (TPSA) is 80.9 Å². The maximum absolute atomic E-state index is 12.6. The normalized spacial score (nSPS) is 10.2. The summed E-state index contributed by atoms with van der Waals surface area (Å²) in [6.45, 7) is 0. The fourth-order valence-electron chi connectivity index (χ4n) is 0.641. The van der Waals surface area contributed by atoms with Crippen molar-refractivity contribution in [1.82, 2.24) is 0 Å². The van der Waals surface area contributed by atoms with Crippen molar-refractivity contribution in [2.75, 3.05) is 0 Å². The van der Waals surface area contributed by atoms with Gasteiger partial charge in [0.05, 0.1) is 0 Å². The molecule has 0 spiro atoms. The first-order valence-electron chi connectivity index (χ1n) is 2.77. The van der Waals surface area contributed by atoms with Crippen molar-refractivity contribution in [3.63, 3.8) is 0 Å². The molecule has 0 aliphatic carbocycles. The lowest BCUT2D eigenvalue weighted by atomic mass is 10.2. The summed E-state index contributed by atoms with van der Waals surface area (Å²) in [5, 5.41) is 35.3. The molecular weight excluding hydrogens is 235 g/mol. The molecule has 0 saturated heterocycles. The molecule has 0 aliphatic heterocycles. The van der Waals surface area contributed by atoms with Crippen molar-refractivity contribution in [2.24, 2.45) is 0 Å². The second-order valence-corrected chi connectivity index (χ2v) is 2.82. The Labute approximate surface area is 74.6 Å². The van der Waals surface area contributed by atoms with Gasteiger partial charge in [0.2, 0.25) is 17.3 Å². The van der Waals surface area contributed by atoms with Gasteiger partial charge >= 0.3 is 0 Å². The smallest absolute Gasteiger partial charge is 0.211 e. The Bertz CT molecular complexity index is 234. The first kappa shape index (κ1) is 8.92. The lowest BCUT2D eigenvalue weighted by Gasteiger charge is -2.05. The lowest BCUT2D eigenvalue weighted by molar-refractivity contribution is 0.332. The number of aromatic hydroxyl groups is 4. The third-order valence-electron chi connectivity index (χ3n) is 1.28. The predicted molar refractivity (Wildman–Crippen MR) is 40.8 cm³/mol. The van der Waals surface area contributed by atoms with Gasteiger partial charge < -0.3 is 20.4 Å². The summed E-state index contributed by atoms with van der Waals surface area (Å²) in [4.78, 5) is 0. The molecule has 0 fully saturated rings. The zero-order valence-electron chi connectivity index (χ0n) is 5.54. The van der Waals surface area contributed by atoms with Crippen LogP contribution in [0.4, 0.5) is 4.39 Å². The molecule has 0 aromatic heterocycles. The van der Waals surface area contributed by atoms with Crippen LogP contribution in [-0.2, 0) is 0 Å². The van der Waals surface area contributed by atoms with E-state index in [1.807, 2.05) is 0 Å². The molecule has 1 rings (SSSR count). The highest BCUT2D eigenvalue weighted by Gasteiger charge is 2.21. The predicted octanol–water partition coefficient (Wildman–Crippen LogP) is 1.41. The van der Waals surface area contributed by atoms with Gasteiger partial charge in [-0.1, -0.05) is 0 Å². The number of halogens is 2. The van der Waals surface area contributed by atoms with Crippen LogP contribution in [0.5, 0.6) is 23.0 Å². The average Bonchev–Trinajstić information content (AvgIpc) is 2.08. The molecule has 0 aliphatic rings. The molecule has 0 bridgehead atoms. The van der Waals surface area contributed by atoms with Crippen LogP contribution in [-0.4, -0.2) is 20.4 Å². The number of phenolic OH excluding ortho intramolecular Hbond substituents is 4. The number of rotatable bonds is 0. The summed E-state index contributed by atoms with van der Waals surface area (Å²) in [7, 11) is 0. The number of hydrogen-bond acceptors (Lipinski definition) is 4. The Balaban J connectivity index is 3.60. The minimum atomic E-state index is -1.39. The summed E-state index contributed by atoms with van der Waals surface area (Å²) >= 11 is 2.60. The van der Waals surface area contributed by atoms with E-state index >= 15 is 0 Å². The minimum absolute atomic E-state index is 0.407. The average molecular weight is 239 g/mol. The Hall–Kier alpha value is -1.17. The molecule has 0 saturated carbocycles. The zero-order chi connectivity index (χ0) is 9.46. The van der Waals surface area contributed by atoms with Crippen LogP contribution in [0.15, 0.2) is 4.47 Å². The highest BCUT2D eigenvalue weighted by Crippen LogP contribution is 2.47. The van der Waals surface area contributed by atoms with Gasteiger partial charge in [0.1, 0.15) is 4.47 Å². The van der Waals surface area contributed by atoms with Gasteiger partial charge in [-0.2, -0.15) is 4.39 Å². The summed E-state index contributed by atoms with van der Waals surface area (Å²) in [5.41, 5.74) is 0. The fourth-order valence-corrected chi connectivity index (χ4v) is 1.00. The molecular formula is C6H4BrFO4. The maximum Gasteiger partial charge on any atom is 0.211 e. The van der Waals surface area contributed by atoms with E-state index in [2.05, 4.69) is 15.9 Å². The molecule has 0 radical (unpaired) electrons. The third kappa shape index (κ3) is 1.04. The molecule has 4 N–H and O–H groups in total. The zero-order valence-corrected chi connectivity index (χ0v) is 7.13. The summed E-state index contributed by atoms with van der Waals surface area (Å²) in [6, 6.07) is 0.